The lowest BCUT2D eigenvalue weighted by Crippen LogP contribution is -1.91. The SMILES string of the molecule is Clc1cc(Cl)c(Oc2ccc(Cl)c3ccccc23)nc1Cl. The average Bonchev–Trinajstić information content (AvgIpc) is 2.48. The van der Waals surface area contributed by atoms with Crippen LogP contribution in [0.5, 0.6) is 11.6 Å². The zero-order valence-electron chi connectivity index (χ0n) is 10.4. The van der Waals surface area contributed by atoms with Crippen LogP contribution in [0.1, 0.15) is 0 Å². The highest BCUT2D eigenvalue weighted by atomic mass is 35.5. The summed E-state index contributed by atoms with van der Waals surface area (Å²) < 4.78 is 5.77. The van der Waals surface area contributed by atoms with E-state index in [1.165, 1.54) is 6.07 Å². The molecule has 0 aliphatic heterocycles. The molecule has 106 valence electrons. The maximum absolute atomic E-state index is 6.17. The predicted octanol–water partition coefficient (Wildman–Crippen LogP) is 6.64. The molecule has 0 radical (unpaired) electrons. The second-order valence-electron chi connectivity index (χ2n) is 4.24. The van der Waals surface area contributed by atoms with E-state index in [9.17, 15) is 0 Å². The largest absolute Gasteiger partial charge is 0.437 e. The zero-order chi connectivity index (χ0) is 15.0. The van der Waals surface area contributed by atoms with Crippen molar-refractivity contribution in [2.75, 3.05) is 0 Å². The molecule has 1 aromatic heterocycles. The van der Waals surface area contributed by atoms with E-state index in [-0.39, 0.29) is 21.1 Å². The summed E-state index contributed by atoms with van der Waals surface area (Å²) in [5.41, 5.74) is 0. The van der Waals surface area contributed by atoms with E-state index in [0.717, 1.165) is 10.8 Å². The molecule has 2 nitrogen and oxygen atoms in total. The number of benzene rings is 2. The lowest BCUT2D eigenvalue weighted by Gasteiger charge is -2.11. The van der Waals surface area contributed by atoms with E-state index in [0.29, 0.717) is 10.8 Å². The highest BCUT2D eigenvalue weighted by Crippen LogP contribution is 2.37. The molecule has 0 atom stereocenters. The lowest BCUT2D eigenvalue weighted by molar-refractivity contribution is 0.468. The smallest absolute Gasteiger partial charge is 0.239 e. The van der Waals surface area contributed by atoms with E-state index >= 15 is 0 Å². The number of hydrogen-bond acceptors (Lipinski definition) is 2. The number of halogens is 4. The van der Waals surface area contributed by atoms with Crippen molar-refractivity contribution in [3.05, 3.63) is 62.7 Å². The Morgan fingerprint density at radius 3 is 2.24 bits per heavy atom. The Morgan fingerprint density at radius 1 is 0.762 bits per heavy atom. The Hall–Kier alpha value is -1.19. The lowest BCUT2D eigenvalue weighted by atomic mass is 10.1. The van der Waals surface area contributed by atoms with Gasteiger partial charge in [0, 0.05) is 15.8 Å². The highest BCUT2D eigenvalue weighted by molar-refractivity contribution is 6.42. The van der Waals surface area contributed by atoms with Crippen molar-refractivity contribution < 1.29 is 4.74 Å². The first-order chi connectivity index (χ1) is 10.1. The van der Waals surface area contributed by atoms with Crippen molar-refractivity contribution in [3.63, 3.8) is 0 Å². The van der Waals surface area contributed by atoms with Crippen LogP contribution < -0.4 is 4.74 Å². The molecule has 0 saturated heterocycles. The zero-order valence-corrected chi connectivity index (χ0v) is 13.4. The van der Waals surface area contributed by atoms with Crippen LogP contribution in [0.15, 0.2) is 42.5 Å². The van der Waals surface area contributed by atoms with Crippen molar-refractivity contribution in [2.45, 2.75) is 0 Å². The minimum atomic E-state index is 0.134. The van der Waals surface area contributed by atoms with Gasteiger partial charge in [-0.2, -0.15) is 4.98 Å². The van der Waals surface area contributed by atoms with Crippen LogP contribution >= 0.6 is 46.4 Å². The van der Waals surface area contributed by atoms with Crippen molar-refractivity contribution in [1.82, 2.24) is 4.98 Å². The molecule has 0 amide bonds. The molecular formula is C15H7Cl4NO. The Balaban J connectivity index is 2.11. The van der Waals surface area contributed by atoms with Crippen LogP contribution in [0.3, 0.4) is 0 Å². The van der Waals surface area contributed by atoms with Gasteiger partial charge in [0.25, 0.3) is 0 Å². The van der Waals surface area contributed by atoms with Gasteiger partial charge in [-0.1, -0.05) is 70.7 Å². The van der Waals surface area contributed by atoms with Gasteiger partial charge in [0.15, 0.2) is 5.15 Å². The van der Waals surface area contributed by atoms with Crippen LogP contribution in [0.25, 0.3) is 10.8 Å². The molecule has 0 fully saturated rings. The van der Waals surface area contributed by atoms with Gasteiger partial charge >= 0.3 is 0 Å². The third kappa shape index (κ3) is 2.90. The summed E-state index contributed by atoms with van der Waals surface area (Å²) in [6.45, 7) is 0. The number of nitrogens with zero attached hydrogens (tertiary/aromatic N) is 1. The monoisotopic (exact) mass is 357 g/mol. The Morgan fingerprint density at radius 2 is 1.48 bits per heavy atom. The van der Waals surface area contributed by atoms with Crippen molar-refractivity contribution in [2.24, 2.45) is 0 Å². The fourth-order valence-corrected chi connectivity index (χ4v) is 2.68. The standard InChI is InChI=1S/C15H7Cl4NO/c16-10-5-6-13(9-4-2-1-3-8(9)10)21-15-12(18)7-11(17)14(19)20-15/h1-7H. The molecule has 3 aromatic rings. The summed E-state index contributed by atoms with van der Waals surface area (Å²) in [7, 11) is 0. The fourth-order valence-electron chi connectivity index (χ4n) is 1.93. The molecule has 3 rings (SSSR count). The minimum absolute atomic E-state index is 0.134. The van der Waals surface area contributed by atoms with Gasteiger partial charge in [-0.15, -0.1) is 0 Å². The molecule has 0 spiro atoms. The first kappa shape index (κ1) is 14.7. The summed E-state index contributed by atoms with van der Waals surface area (Å²) in [6.07, 6.45) is 0. The van der Waals surface area contributed by atoms with Crippen molar-refractivity contribution in [3.8, 4) is 11.6 Å². The van der Waals surface area contributed by atoms with E-state index in [1.54, 1.807) is 12.1 Å². The van der Waals surface area contributed by atoms with Crippen LogP contribution in [0, 0.1) is 0 Å². The number of rotatable bonds is 2. The van der Waals surface area contributed by atoms with Gasteiger partial charge in [0.05, 0.1) is 5.02 Å². The second kappa shape index (κ2) is 5.90. The van der Waals surface area contributed by atoms with E-state index < -0.39 is 0 Å². The average molecular weight is 359 g/mol. The van der Waals surface area contributed by atoms with Crippen LogP contribution in [-0.2, 0) is 0 Å². The molecule has 2 aromatic carbocycles. The Kier molecular flexibility index (Phi) is 4.14. The Bertz CT molecular complexity index is 835. The van der Waals surface area contributed by atoms with E-state index in [4.69, 9.17) is 51.1 Å². The maximum atomic E-state index is 6.17. The number of fused-ring (bicyclic) bond motifs is 1. The quantitative estimate of drug-likeness (QED) is 0.479. The molecule has 0 aliphatic carbocycles. The normalized spacial score (nSPS) is 10.9. The van der Waals surface area contributed by atoms with E-state index in [2.05, 4.69) is 4.98 Å². The van der Waals surface area contributed by atoms with Crippen LogP contribution in [-0.4, -0.2) is 4.98 Å². The van der Waals surface area contributed by atoms with Gasteiger partial charge in [-0.3, -0.25) is 0 Å². The summed E-state index contributed by atoms with van der Waals surface area (Å²) in [4.78, 5) is 4.04. The number of hydrogen-bond donors (Lipinski definition) is 0. The first-order valence-corrected chi connectivity index (χ1v) is 7.44. The van der Waals surface area contributed by atoms with E-state index in [1.807, 2.05) is 24.3 Å². The van der Waals surface area contributed by atoms with Crippen molar-refractivity contribution in [1.29, 1.82) is 0 Å². The second-order valence-corrected chi connectivity index (χ2v) is 5.82. The molecular weight excluding hydrogens is 352 g/mol. The predicted molar refractivity (Wildman–Crippen MR) is 88.3 cm³/mol. The maximum Gasteiger partial charge on any atom is 0.239 e. The summed E-state index contributed by atoms with van der Waals surface area (Å²) in [5.74, 6) is 0.779. The Labute approximate surface area is 141 Å². The number of ether oxygens (including phenoxy) is 1. The van der Waals surface area contributed by atoms with Gasteiger partial charge in [-0.25, -0.2) is 0 Å². The molecule has 1 heterocycles. The third-order valence-electron chi connectivity index (χ3n) is 2.89. The van der Waals surface area contributed by atoms with Gasteiger partial charge in [0.1, 0.15) is 10.8 Å². The first-order valence-electron chi connectivity index (χ1n) is 5.93. The minimum Gasteiger partial charge on any atom is -0.437 e. The van der Waals surface area contributed by atoms with Gasteiger partial charge in [-0.05, 0) is 18.2 Å². The summed E-state index contributed by atoms with van der Waals surface area (Å²) >= 11 is 24.0. The van der Waals surface area contributed by atoms with Crippen LogP contribution in [0.2, 0.25) is 20.2 Å². The topological polar surface area (TPSA) is 22.1 Å². The van der Waals surface area contributed by atoms with Crippen LogP contribution in [0.4, 0.5) is 0 Å². The van der Waals surface area contributed by atoms with Crippen molar-refractivity contribution >= 4 is 57.2 Å². The summed E-state index contributed by atoms with van der Waals surface area (Å²) in [5, 5.41) is 3.07. The molecule has 0 unspecified atom stereocenters. The van der Waals surface area contributed by atoms with Gasteiger partial charge < -0.3 is 4.74 Å². The fraction of sp³-hybridized carbons (Fsp3) is 0. The number of pyridine rings is 1. The molecule has 0 aliphatic rings. The third-order valence-corrected chi connectivity index (χ3v) is 4.17. The number of aromatic nitrogens is 1. The molecule has 21 heavy (non-hydrogen) atoms. The molecule has 0 bridgehead atoms. The molecule has 6 heteroatoms. The molecule has 0 saturated carbocycles. The summed E-state index contributed by atoms with van der Waals surface area (Å²) in [6, 6.07) is 12.6. The highest BCUT2D eigenvalue weighted by Gasteiger charge is 2.12. The van der Waals surface area contributed by atoms with Gasteiger partial charge in [0.2, 0.25) is 5.88 Å². The molecule has 0 N–H and O–H groups in total.